The fourth-order valence-electron chi connectivity index (χ4n) is 5.06. The van der Waals surface area contributed by atoms with Crippen molar-refractivity contribution >= 4 is 38.8 Å². The molecule has 1 amide bonds. The van der Waals surface area contributed by atoms with Gasteiger partial charge in [0.05, 0.1) is 17.5 Å². The van der Waals surface area contributed by atoms with Crippen LogP contribution >= 0.6 is 15.9 Å². The molecule has 0 spiro atoms. The number of aromatic nitrogens is 1. The molecule has 2 heterocycles. The quantitative estimate of drug-likeness (QED) is 0.340. The molecule has 0 bridgehead atoms. The minimum Gasteiger partial charge on any atom is -0.443 e. The van der Waals surface area contributed by atoms with Gasteiger partial charge < -0.3 is 9.64 Å². The highest BCUT2D eigenvalue weighted by Crippen LogP contribution is 2.46. The molecule has 0 N–H and O–H groups in total. The van der Waals surface area contributed by atoms with E-state index in [9.17, 15) is 9.59 Å². The average molecular weight is 525 g/mol. The van der Waals surface area contributed by atoms with Crippen molar-refractivity contribution in [1.29, 1.82) is 0 Å². The summed E-state index contributed by atoms with van der Waals surface area (Å²) >= 11 is 3.51. The number of hydrogen-bond donors (Lipinski definition) is 0. The normalized spacial score (nSPS) is 18.5. The molecule has 180 valence electrons. The highest BCUT2D eigenvalue weighted by atomic mass is 79.9. The first-order chi connectivity index (χ1) is 15.9. The van der Waals surface area contributed by atoms with E-state index < -0.39 is 11.7 Å². The van der Waals surface area contributed by atoms with E-state index in [0.717, 1.165) is 37.6 Å². The molecule has 1 aliphatic rings. The summed E-state index contributed by atoms with van der Waals surface area (Å²) in [6.45, 7) is 14.4. The van der Waals surface area contributed by atoms with Gasteiger partial charge in [-0.1, -0.05) is 48.0 Å². The van der Waals surface area contributed by atoms with Crippen molar-refractivity contribution < 1.29 is 14.3 Å². The van der Waals surface area contributed by atoms with Crippen LogP contribution in [-0.2, 0) is 16.1 Å². The zero-order valence-electron chi connectivity index (χ0n) is 21.0. The van der Waals surface area contributed by atoms with Crippen molar-refractivity contribution in [2.45, 2.75) is 66.7 Å². The van der Waals surface area contributed by atoms with Gasteiger partial charge in [0.25, 0.3) is 0 Å². The van der Waals surface area contributed by atoms with Gasteiger partial charge in [0, 0.05) is 22.6 Å². The number of nitrogens with zero attached hydrogens (tertiary/aromatic N) is 2. The number of benzene rings is 2. The molecule has 4 rings (SSSR count). The summed E-state index contributed by atoms with van der Waals surface area (Å²) in [4.78, 5) is 28.1. The van der Waals surface area contributed by atoms with Crippen LogP contribution in [-0.4, -0.2) is 27.1 Å². The summed E-state index contributed by atoms with van der Waals surface area (Å²) in [6, 6.07) is 12.4. The molecule has 0 aliphatic carbocycles. The molecule has 2 atom stereocenters. The zero-order valence-corrected chi connectivity index (χ0v) is 22.6. The number of likely N-dealkylation sites (tertiary alicyclic amines) is 1. The molecular formula is C28H33BrN2O3. The zero-order chi connectivity index (χ0) is 24.9. The number of carbonyl (C=O) groups excluding carboxylic acids is 2. The second-order valence-corrected chi connectivity index (χ2v) is 11.6. The van der Waals surface area contributed by atoms with Gasteiger partial charge in [0.2, 0.25) is 5.91 Å². The SMILES string of the molecule is Cc1cc(C)c2c(ccn2C(=O)OC(C)(C)C)c1CN1C(=O)C(C(C)C)C1c1ccc(Br)cc1. The van der Waals surface area contributed by atoms with Gasteiger partial charge in [-0.2, -0.15) is 0 Å². The Morgan fingerprint density at radius 3 is 2.32 bits per heavy atom. The minimum atomic E-state index is -0.580. The Kier molecular flexibility index (Phi) is 6.40. The monoisotopic (exact) mass is 524 g/mol. The van der Waals surface area contributed by atoms with Crippen molar-refractivity contribution in [3.05, 3.63) is 69.3 Å². The van der Waals surface area contributed by atoms with E-state index in [1.807, 2.05) is 50.8 Å². The molecule has 2 aromatic carbocycles. The summed E-state index contributed by atoms with van der Waals surface area (Å²) in [5.74, 6) is 0.404. The Balaban J connectivity index is 1.74. The Labute approximate surface area is 210 Å². The topological polar surface area (TPSA) is 51.5 Å². The number of fused-ring (bicyclic) bond motifs is 1. The number of halogens is 1. The van der Waals surface area contributed by atoms with Crippen molar-refractivity contribution in [1.82, 2.24) is 9.47 Å². The van der Waals surface area contributed by atoms with Gasteiger partial charge in [-0.25, -0.2) is 4.79 Å². The van der Waals surface area contributed by atoms with Crippen LogP contribution in [0.15, 0.2) is 47.1 Å². The number of ether oxygens (including phenoxy) is 1. The van der Waals surface area contributed by atoms with Gasteiger partial charge in [-0.05, 0) is 81.0 Å². The average Bonchev–Trinajstić information content (AvgIpc) is 3.17. The lowest BCUT2D eigenvalue weighted by Gasteiger charge is -2.49. The van der Waals surface area contributed by atoms with Crippen molar-refractivity contribution in [2.75, 3.05) is 0 Å². The summed E-state index contributed by atoms with van der Waals surface area (Å²) in [6.07, 6.45) is 1.38. The third kappa shape index (κ3) is 4.40. The van der Waals surface area contributed by atoms with E-state index in [1.54, 1.807) is 10.8 Å². The van der Waals surface area contributed by atoms with E-state index in [0.29, 0.717) is 6.54 Å². The Morgan fingerprint density at radius 2 is 1.74 bits per heavy atom. The van der Waals surface area contributed by atoms with Gasteiger partial charge >= 0.3 is 6.09 Å². The van der Waals surface area contributed by atoms with Crippen LogP contribution < -0.4 is 0 Å². The second kappa shape index (κ2) is 8.88. The molecule has 1 saturated heterocycles. The lowest BCUT2D eigenvalue weighted by Crippen LogP contribution is -2.56. The molecular weight excluding hydrogens is 492 g/mol. The number of aryl methyl sites for hydroxylation is 2. The fraction of sp³-hybridized carbons (Fsp3) is 0.429. The summed E-state index contributed by atoms with van der Waals surface area (Å²) in [5, 5.41) is 0.985. The minimum absolute atomic E-state index is 0.0318. The van der Waals surface area contributed by atoms with Crippen LogP contribution in [0.4, 0.5) is 4.79 Å². The van der Waals surface area contributed by atoms with Crippen molar-refractivity contribution in [3.63, 3.8) is 0 Å². The van der Waals surface area contributed by atoms with E-state index in [-0.39, 0.29) is 23.8 Å². The molecule has 2 unspecified atom stereocenters. The highest BCUT2D eigenvalue weighted by Gasteiger charge is 2.49. The van der Waals surface area contributed by atoms with Gasteiger partial charge in [0.15, 0.2) is 0 Å². The molecule has 3 aromatic rings. The second-order valence-electron chi connectivity index (χ2n) is 10.6. The molecule has 5 nitrogen and oxygen atoms in total. The maximum absolute atomic E-state index is 13.3. The first-order valence-corrected chi connectivity index (χ1v) is 12.6. The fourth-order valence-corrected chi connectivity index (χ4v) is 5.33. The molecule has 34 heavy (non-hydrogen) atoms. The van der Waals surface area contributed by atoms with E-state index in [2.05, 4.69) is 54.9 Å². The summed E-state index contributed by atoms with van der Waals surface area (Å²) < 4.78 is 8.23. The maximum atomic E-state index is 13.3. The van der Waals surface area contributed by atoms with Crippen molar-refractivity contribution in [3.8, 4) is 0 Å². The van der Waals surface area contributed by atoms with Gasteiger partial charge in [-0.3, -0.25) is 9.36 Å². The number of amides is 1. The van der Waals surface area contributed by atoms with Crippen LogP contribution in [0.2, 0.25) is 0 Å². The summed E-state index contributed by atoms with van der Waals surface area (Å²) in [5.41, 5.74) is 4.59. The number of hydrogen-bond acceptors (Lipinski definition) is 3. The Hall–Kier alpha value is -2.60. The first-order valence-electron chi connectivity index (χ1n) is 11.8. The molecule has 1 aromatic heterocycles. The lowest BCUT2D eigenvalue weighted by atomic mass is 9.75. The van der Waals surface area contributed by atoms with E-state index in [4.69, 9.17) is 4.74 Å². The molecule has 1 aliphatic heterocycles. The number of carbonyl (C=O) groups is 2. The summed E-state index contributed by atoms with van der Waals surface area (Å²) in [7, 11) is 0. The maximum Gasteiger partial charge on any atom is 0.418 e. The molecule has 0 saturated carbocycles. The van der Waals surface area contributed by atoms with Crippen molar-refractivity contribution in [2.24, 2.45) is 11.8 Å². The first kappa shape index (κ1) is 24.5. The third-order valence-corrected chi connectivity index (χ3v) is 7.12. The van der Waals surface area contributed by atoms with Crippen LogP contribution in [0, 0.1) is 25.7 Å². The number of rotatable bonds is 4. The van der Waals surface area contributed by atoms with Crippen LogP contribution in [0.5, 0.6) is 0 Å². The Morgan fingerprint density at radius 1 is 1.09 bits per heavy atom. The number of β-lactam (4-membered cyclic amide) rings is 1. The standard InChI is InChI=1S/C28H33BrN2O3/c1-16(2)23-25(19-8-10-20(29)11-9-19)31(26(23)32)15-22-17(3)14-18(4)24-21(22)12-13-30(24)27(33)34-28(5,6)7/h8-14,16,23,25H,15H2,1-7H3. The van der Waals surface area contributed by atoms with Crippen LogP contribution in [0.1, 0.15) is 62.9 Å². The predicted molar refractivity (Wildman–Crippen MR) is 139 cm³/mol. The van der Waals surface area contributed by atoms with Crippen LogP contribution in [0.25, 0.3) is 10.9 Å². The Bertz CT molecular complexity index is 1250. The molecule has 0 radical (unpaired) electrons. The van der Waals surface area contributed by atoms with Gasteiger partial charge in [-0.15, -0.1) is 0 Å². The highest BCUT2D eigenvalue weighted by molar-refractivity contribution is 9.10. The van der Waals surface area contributed by atoms with Crippen LogP contribution in [0.3, 0.4) is 0 Å². The third-order valence-electron chi connectivity index (χ3n) is 6.59. The van der Waals surface area contributed by atoms with E-state index in [1.165, 1.54) is 0 Å². The molecule has 6 heteroatoms. The smallest absolute Gasteiger partial charge is 0.418 e. The van der Waals surface area contributed by atoms with Gasteiger partial charge in [0.1, 0.15) is 5.60 Å². The predicted octanol–water partition coefficient (Wildman–Crippen LogP) is 7.16. The lowest BCUT2D eigenvalue weighted by molar-refractivity contribution is -0.161. The van der Waals surface area contributed by atoms with E-state index >= 15 is 0 Å². The largest absolute Gasteiger partial charge is 0.443 e. The molecule has 1 fully saturated rings.